The average Bonchev–Trinajstić information content (AvgIpc) is 3.27. The number of aryl methyl sites for hydroxylation is 2. The minimum Gasteiger partial charge on any atom is -0.348 e. The van der Waals surface area contributed by atoms with Crippen molar-refractivity contribution in [2.75, 3.05) is 18.4 Å². The van der Waals surface area contributed by atoms with E-state index in [2.05, 4.69) is 10.6 Å². The monoisotopic (exact) mass is 449 g/mol. The molecule has 162 valence electrons. The van der Waals surface area contributed by atoms with Crippen LogP contribution < -0.4 is 10.6 Å². The number of hydrogen-bond donors (Lipinski definition) is 2. The van der Waals surface area contributed by atoms with E-state index in [1.54, 1.807) is 21.8 Å². The van der Waals surface area contributed by atoms with Crippen LogP contribution in [-0.2, 0) is 19.6 Å². The van der Waals surface area contributed by atoms with E-state index < -0.39 is 21.8 Å². The average molecular weight is 450 g/mol. The zero-order chi connectivity index (χ0) is 21.7. The van der Waals surface area contributed by atoms with Crippen molar-refractivity contribution in [1.29, 1.82) is 0 Å². The first-order valence-electron chi connectivity index (χ1n) is 10.0. The van der Waals surface area contributed by atoms with Crippen LogP contribution in [0.4, 0.5) is 5.69 Å². The molecule has 1 saturated heterocycles. The number of carbonyl (C=O) groups excluding carboxylic acids is 2. The summed E-state index contributed by atoms with van der Waals surface area (Å²) in [6.45, 7) is 4.49. The van der Waals surface area contributed by atoms with Crippen LogP contribution in [0.15, 0.2) is 39.9 Å². The Labute approximate surface area is 181 Å². The van der Waals surface area contributed by atoms with Crippen LogP contribution in [0.2, 0.25) is 0 Å². The highest BCUT2D eigenvalue weighted by Gasteiger charge is 2.33. The molecule has 9 heteroatoms. The van der Waals surface area contributed by atoms with Gasteiger partial charge in [-0.1, -0.05) is 24.6 Å². The molecule has 0 saturated carbocycles. The molecule has 1 atom stereocenters. The lowest BCUT2D eigenvalue weighted by molar-refractivity contribution is -0.136. The van der Waals surface area contributed by atoms with Gasteiger partial charge >= 0.3 is 11.8 Å². The highest BCUT2D eigenvalue weighted by atomic mass is 32.2. The van der Waals surface area contributed by atoms with Crippen molar-refractivity contribution < 1.29 is 18.0 Å². The second kappa shape index (κ2) is 9.72. The zero-order valence-corrected chi connectivity index (χ0v) is 18.8. The molecule has 0 spiro atoms. The number of carbonyl (C=O) groups is 2. The number of nitrogens with zero attached hydrogens (tertiary/aromatic N) is 1. The van der Waals surface area contributed by atoms with Crippen LogP contribution in [0.3, 0.4) is 0 Å². The molecule has 30 heavy (non-hydrogen) atoms. The normalized spacial score (nSPS) is 17.5. The maximum atomic E-state index is 12.9. The molecule has 3 rings (SSSR count). The summed E-state index contributed by atoms with van der Waals surface area (Å²) < 4.78 is 27.7. The number of rotatable bonds is 6. The quantitative estimate of drug-likeness (QED) is 0.663. The summed E-state index contributed by atoms with van der Waals surface area (Å²) >= 11 is 1.21. The van der Waals surface area contributed by atoms with Gasteiger partial charge in [-0.15, -0.1) is 11.3 Å². The SMILES string of the molecule is Cc1ccc(C)c(NC(=O)C(=O)NCC[C@@H]2CCCCN2S(=O)(=O)c2cccs2)c1. The molecule has 0 aliphatic carbocycles. The van der Waals surface area contributed by atoms with E-state index in [1.807, 2.05) is 32.0 Å². The summed E-state index contributed by atoms with van der Waals surface area (Å²) in [5, 5.41) is 7.01. The van der Waals surface area contributed by atoms with Gasteiger partial charge in [0, 0.05) is 24.8 Å². The van der Waals surface area contributed by atoms with Crippen LogP contribution >= 0.6 is 11.3 Å². The number of hydrogen-bond acceptors (Lipinski definition) is 5. The number of sulfonamides is 1. The molecule has 1 aliphatic heterocycles. The van der Waals surface area contributed by atoms with Gasteiger partial charge in [-0.25, -0.2) is 8.42 Å². The van der Waals surface area contributed by atoms with Crippen LogP contribution in [0.5, 0.6) is 0 Å². The van der Waals surface area contributed by atoms with Crippen molar-refractivity contribution in [3.63, 3.8) is 0 Å². The van der Waals surface area contributed by atoms with Crippen LogP contribution in [0.1, 0.15) is 36.8 Å². The molecule has 0 radical (unpaired) electrons. The molecule has 2 heterocycles. The van der Waals surface area contributed by atoms with Crippen LogP contribution in [0, 0.1) is 13.8 Å². The van der Waals surface area contributed by atoms with Crippen LogP contribution in [-0.4, -0.2) is 43.7 Å². The topological polar surface area (TPSA) is 95.6 Å². The van der Waals surface area contributed by atoms with E-state index in [0.29, 0.717) is 22.9 Å². The van der Waals surface area contributed by atoms with Crippen LogP contribution in [0.25, 0.3) is 0 Å². The summed E-state index contributed by atoms with van der Waals surface area (Å²) in [6.07, 6.45) is 2.98. The number of piperidine rings is 1. The summed E-state index contributed by atoms with van der Waals surface area (Å²) in [4.78, 5) is 24.4. The van der Waals surface area contributed by atoms with Crippen molar-refractivity contribution in [1.82, 2.24) is 9.62 Å². The molecule has 1 fully saturated rings. The minimum absolute atomic E-state index is 0.187. The maximum absolute atomic E-state index is 12.9. The van der Waals surface area contributed by atoms with Crippen molar-refractivity contribution in [3.8, 4) is 0 Å². The molecule has 0 unspecified atom stereocenters. The zero-order valence-electron chi connectivity index (χ0n) is 17.2. The summed E-state index contributed by atoms with van der Waals surface area (Å²) in [5.74, 6) is -1.45. The fourth-order valence-corrected chi connectivity index (χ4v) is 6.43. The molecule has 1 aromatic heterocycles. The lowest BCUT2D eigenvalue weighted by Crippen LogP contribution is -2.45. The third-order valence-electron chi connectivity index (χ3n) is 5.24. The molecule has 2 amide bonds. The summed E-state index contributed by atoms with van der Waals surface area (Å²) in [7, 11) is -3.52. The first kappa shape index (κ1) is 22.5. The Morgan fingerprint density at radius 3 is 2.70 bits per heavy atom. The van der Waals surface area contributed by atoms with Crippen molar-refractivity contribution in [3.05, 3.63) is 46.8 Å². The van der Waals surface area contributed by atoms with E-state index in [1.165, 1.54) is 11.3 Å². The molecule has 1 aromatic carbocycles. The standard InChI is InChI=1S/C21H27N3O4S2/c1-15-8-9-16(2)18(14-15)23-21(26)20(25)22-11-10-17-6-3-4-12-24(17)30(27,28)19-7-5-13-29-19/h5,7-9,13-14,17H,3-4,6,10-12H2,1-2H3,(H,22,25)(H,23,26)/t17-/m0/s1. The molecule has 2 N–H and O–H groups in total. The van der Waals surface area contributed by atoms with E-state index in [0.717, 1.165) is 30.4 Å². The third kappa shape index (κ3) is 5.27. The van der Waals surface area contributed by atoms with Gasteiger partial charge in [-0.3, -0.25) is 9.59 Å². The Morgan fingerprint density at radius 1 is 1.17 bits per heavy atom. The van der Waals surface area contributed by atoms with E-state index in [9.17, 15) is 18.0 Å². The van der Waals surface area contributed by atoms with E-state index >= 15 is 0 Å². The van der Waals surface area contributed by atoms with Gasteiger partial charge in [-0.2, -0.15) is 4.31 Å². The van der Waals surface area contributed by atoms with E-state index in [-0.39, 0.29) is 12.6 Å². The smallest absolute Gasteiger partial charge is 0.313 e. The molecule has 2 aromatic rings. The Balaban J connectivity index is 1.56. The van der Waals surface area contributed by atoms with Crippen molar-refractivity contribution in [2.24, 2.45) is 0 Å². The van der Waals surface area contributed by atoms with Gasteiger partial charge in [0.1, 0.15) is 4.21 Å². The number of nitrogens with one attached hydrogen (secondary N) is 2. The predicted octanol–water partition coefficient (Wildman–Crippen LogP) is 3.05. The van der Waals surface area contributed by atoms with Gasteiger partial charge < -0.3 is 10.6 Å². The highest BCUT2D eigenvalue weighted by molar-refractivity contribution is 7.91. The largest absolute Gasteiger partial charge is 0.348 e. The predicted molar refractivity (Wildman–Crippen MR) is 118 cm³/mol. The number of benzene rings is 1. The minimum atomic E-state index is -3.52. The fraction of sp³-hybridized carbons (Fsp3) is 0.429. The van der Waals surface area contributed by atoms with Gasteiger partial charge in [0.25, 0.3) is 10.0 Å². The fourth-order valence-electron chi connectivity index (χ4n) is 3.59. The van der Waals surface area contributed by atoms with Crippen molar-refractivity contribution >= 4 is 38.9 Å². The van der Waals surface area contributed by atoms with E-state index in [4.69, 9.17) is 0 Å². The molecule has 7 nitrogen and oxygen atoms in total. The molecular formula is C21H27N3O4S2. The lowest BCUT2D eigenvalue weighted by atomic mass is 10.0. The van der Waals surface area contributed by atoms with Gasteiger partial charge in [-0.05, 0) is 61.7 Å². The molecule has 1 aliphatic rings. The Kier molecular flexibility index (Phi) is 7.27. The molecule has 0 bridgehead atoms. The highest BCUT2D eigenvalue weighted by Crippen LogP contribution is 2.29. The van der Waals surface area contributed by atoms with Gasteiger partial charge in [0.15, 0.2) is 0 Å². The number of thiophene rings is 1. The Hall–Kier alpha value is -2.23. The Bertz CT molecular complexity index is 1000. The maximum Gasteiger partial charge on any atom is 0.313 e. The number of anilines is 1. The summed E-state index contributed by atoms with van der Waals surface area (Å²) in [5.41, 5.74) is 2.47. The Morgan fingerprint density at radius 2 is 1.97 bits per heavy atom. The summed E-state index contributed by atoms with van der Waals surface area (Å²) in [6, 6.07) is 8.79. The second-order valence-electron chi connectivity index (χ2n) is 7.51. The first-order chi connectivity index (χ1) is 14.3. The number of amides is 2. The second-order valence-corrected chi connectivity index (χ2v) is 10.6. The van der Waals surface area contributed by atoms with Gasteiger partial charge in [0.2, 0.25) is 0 Å². The van der Waals surface area contributed by atoms with Crippen molar-refractivity contribution in [2.45, 2.75) is 49.8 Å². The first-order valence-corrected chi connectivity index (χ1v) is 12.3. The van der Waals surface area contributed by atoms with Gasteiger partial charge in [0.05, 0.1) is 0 Å². The third-order valence-corrected chi connectivity index (χ3v) is 8.57. The lowest BCUT2D eigenvalue weighted by Gasteiger charge is -2.34. The molecular weight excluding hydrogens is 422 g/mol.